The van der Waals surface area contributed by atoms with E-state index in [4.69, 9.17) is 19.4 Å². The SMILES string of the molecule is c1ccc(N(OC2CC2)OC2CC2)c(Cc2ccccc2N(OC2CC2)OC2CC2)c1. The van der Waals surface area contributed by atoms with Gasteiger partial charge in [0.05, 0.1) is 35.8 Å². The molecule has 0 aliphatic heterocycles. The van der Waals surface area contributed by atoms with Crippen LogP contribution in [0.25, 0.3) is 0 Å². The number of hydrogen-bond donors (Lipinski definition) is 0. The molecule has 0 heterocycles. The van der Waals surface area contributed by atoms with Gasteiger partial charge in [-0.25, -0.2) is 19.4 Å². The summed E-state index contributed by atoms with van der Waals surface area (Å²) in [4.78, 5) is 24.5. The minimum Gasteiger partial charge on any atom is -0.245 e. The van der Waals surface area contributed by atoms with E-state index < -0.39 is 0 Å². The molecule has 0 aromatic heterocycles. The van der Waals surface area contributed by atoms with E-state index in [0.717, 1.165) is 80.3 Å². The summed E-state index contributed by atoms with van der Waals surface area (Å²) in [7, 11) is 0. The van der Waals surface area contributed by atoms with Gasteiger partial charge in [0, 0.05) is 6.42 Å². The molecule has 164 valence electrons. The van der Waals surface area contributed by atoms with E-state index in [-0.39, 0.29) is 24.4 Å². The number of benzene rings is 2. The highest BCUT2D eigenvalue weighted by Gasteiger charge is 2.34. The molecule has 0 unspecified atom stereocenters. The maximum absolute atomic E-state index is 6.13. The summed E-state index contributed by atoms with van der Waals surface area (Å²) in [6.45, 7) is 0. The second kappa shape index (κ2) is 8.43. The molecule has 4 fully saturated rings. The molecule has 4 aliphatic rings. The first-order valence-electron chi connectivity index (χ1n) is 11.7. The van der Waals surface area contributed by atoms with E-state index in [9.17, 15) is 0 Å². The molecule has 0 amide bonds. The summed E-state index contributed by atoms with van der Waals surface area (Å²) in [5, 5.41) is 3.37. The number of nitrogens with zero attached hydrogens (tertiary/aromatic N) is 2. The van der Waals surface area contributed by atoms with Gasteiger partial charge in [-0.2, -0.15) is 0 Å². The Hall–Kier alpha value is -2.12. The van der Waals surface area contributed by atoms with Crippen LogP contribution in [0.15, 0.2) is 48.5 Å². The summed E-state index contributed by atoms with van der Waals surface area (Å²) in [5.41, 5.74) is 4.28. The van der Waals surface area contributed by atoms with Crippen LogP contribution >= 0.6 is 0 Å². The van der Waals surface area contributed by atoms with Crippen molar-refractivity contribution in [2.75, 3.05) is 10.5 Å². The van der Waals surface area contributed by atoms with Crippen LogP contribution in [0.2, 0.25) is 0 Å². The lowest BCUT2D eigenvalue weighted by Gasteiger charge is -2.27. The Morgan fingerprint density at radius 3 is 1.16 bits per heavy atom. The van der Waals surface area contributed by atoms with Gasteiger partial charge < -0.3 is 0 Å². The first-order chi connectivity index (χ1) is 15.3. The molecule has 0 radical (unpaired) electrons. The summed E-state index contributed by atoms with van der Waals surface area (Å²) in [5.74, 6) is 0. The van der Waals surface area contributed by atoms with Crippen molar-refractivity contribution >= 4 is 11.4 Å². The average Bonchev–Trinajstić information content (AvgIpc) is 3.62. The van der Waals surface area contributed by atoms with E-state index >= 15 is 0 Å². The smallest absolute Gasteiger partial charge is 0.0982 e. The summed E-state index contributed by atoms with van der Waals surface area (Å²) in [6.07, 6.45) is 10.6. The minimum absolute atomic E-state index is 0.272. The van der Waals surface area contributed by atoms with Gasteiger partial charge in [0.25, 0.3) is 0 Å². The first kappa shape index (κ1) is 19.6. The lowest BCUT2D eigenvalue weighted by atomic mass is 10.0. The van der Waals surface area contributed by atoms with Crippen LogP contribution < -0.4 is 10.5 Å². The zero-order valence-corrected chi connectivity index (χ0v) is 17.8. The average molecular weight is 423 g/mol. The minimum atomic E-state index is 0.272. The largest absolute Gasteiger partial charge is 0.245 e. The van der Waals surface area contributed by atoms with Crippen LogP contribution in [0.3, 0.4) is 0 Å². The number of hydrogen-bond acceptors (Lipinski definition) is 6. The second-order valence-corrected chi connectivity index (χ2v) is 9.17. The molecular weight excluding hydrogens is 392 g/mol. The highest BCUT2D eigenvalue weighted by Crippen LogP contribution is 2.37. The summed E-state index contributed by atoms with van der Waals surface area (Å²) in [6, 6.07) is 16.7. The highest BCUT2D eigenvalue weighted by molar-refractivity contribution is 5.57. The molecule has 0 spiro atoms. The predicted octanol–water partition coefficient (Wildman–Crippen LogP) is 5.27. The van der Waals surface area contributed by atoms with Crippen molar-refractivity contribution in [2.24, 2.45) is 0 Å². The van der Waals surface area contributed by atoms with E-state index in [1.807, 2.05) is 12.1 Å². The van der Waals surface area contributed by atoms with Crippen LogP contribution in [0, 0.1) is 0 Å². The van der Waals surface area contributed by atoms with Crippen molar-refractivity contribution in [3.8, 4) is 0 Å². The van der Waals surface area contributed by atoms with Gasteiger partial charge in [-0.15, -0.1) is 10.5 Å². The summed E-state index contributed by atoms with van der Waals surface area (Å²) < 4.78 is 0. The molecular formula is C25H30N2O4. The molecule has 2 aromatic carbocycles. The molecule has 4 aliphatic carbocycles. The Morgan fingerprint density at radius 2 is 0.839 bits per heavy atom. The number of para-hydroxylation sites is 2. The van der Waals surface area contributed by atoms with Gasteiger partial charge >= 0.3 is 0 Å². The van der Waals surface area contributed by atoms with Crippen LogP contribution in [0.1, 0.15) is 62.5 Å². The van der Waals surface area contributed by atoms with Crippen LogP contribution in [0.5, 0.6) is 0 Å². The molecule has 0 bridgehead atoms. The van der Waals surface area contributed by atoms with E-state index in [1.165, 1.54) is 0 Å². The fourth-order valence-electron chi connectivity index (χ4n) is 3.39. The van der Waals surface area contributed by atoms with E-state index in [1.54, 1.807) is 10.5 Å². The zero-order chi connectivity index (χ0) is 20.6. The molecule has 0 atom stereocenters. The maximum Gasteiger partial charge on any atom is 0.0982 e. The molecule has 6 heteroatoms. The Labute approximate surface area is 183 Å². The van der Waals surface area contributed by atoms with Gasteiger partial charge in [0.15, 0.2) is 0 Å². The van der Waals surface area contributed by atoms with Crippen molar-refractivity contribution in [1.29, 1.82) is 0 Å². The Balaban J connectivity index is 1.26. The van der Waals surface area contributed by atoms with Gasteiger partial charge in [-0.05, 0) is 74.6 Å². The van der Waals surface area contributed by atoms with E-state index in [2.05, 4.69) is 36.4 Å². The fraction of sp³-hybridized carbons (Fsp3) is 0.520. The topological polar surface area (TPSA) is 43.4 Å². The van der Waals surface area contributed by atoms with Gasteiger partial charge in [0.1, 0.15) is 0 Å². The summed E-state index contributed by atoms with van der Waals surface area (Å²) >= 11 is 0. The van der Waals surface area contributed by atoms with Crippen LogP contribution in [-0.4, -0.2) is 24.4 Å². The highest BCUT2D eigenvalue weighted by atomic mass is 17.0. The Morgan fingerprint density at radius 1 is 0.516 bits per heavy atom. The molecule has 0 saturated heterocycles. The number of rotatable bonds is 12. The third-order valence-electron chi connectivity index (χ3n) is 5.83. The first-order valence-corrected chi connectivity index (χ1v) is 11.7. The quantitative estimate of drug-likeness (QED) is 0.435. The van der Waals surface area contributed by atoms with Crippen molar-refractivity contribution in [2.45, 2.75) is 82.2 Å². The lowest BCUT2D eigenvalue weighted by molar-refractivity contribution is -0.105. The maximum atomic E-state index is 6.13. The lowest BCUT2D eigenvalue weighted by Crippen LogP contribution is -2.28. The third-order valence-corrected chi connectivity index (χ3v) is 5.83. The van der Waals surface area contributed by atoms with Crippen molar-refractivity contribution in [3.05, 3.63) is 59.7 Å². The van der Waals surface area contributed by atoms with Crippen molar-refractivity contribution in [1.82, 2.24) is 0 Å². The molecule has 4 saturated carbocycles. The Bertz CT molecular complexity index is 804. The normalized spacial score (nSPS) is 20.6. The molecule has 0 N–H and O–H groups in total. The third kappa shape index (κ3) is 5.21. The van der Waals surface area contributed by atoms with Crippen LogP contribution in [0.4, 0.5) is 11.4 Å². The van der Waals surface area contributed by atoms with Gasteiger partial charge in [-0.3, -0.25) is 0 Å². The van der Waals surface area contributed by atoms with Gasteiger partial charge in [0.2, 0.25) is 0 Å². The van der Waals surface area contributed by atoms with Crippen molar-refractivity contribution < 1.29 is 19.4 Å². The fourth-order valence-corrected chi connectivity index (χ4v) is 3.39. The van der Waals surface area contributed by atoms with Gasteiger partial charge in [-0.1, -0.05) is 36.4 Å². The van der Waals surface area contributed by atoms with Crippen molar-refractivity contribution in [3.63, 3.8) is 0 Å². The van der Waals surface area contributed by atoms with E-state index in [0.29, 0.717) is 0 Å². The standard InChI is InChI=1S/C25H30N2O4/c1-3-7-24(26(28-20-9-10-20)29-21-11-12-21)18(5-1)17-19-6-2-4-8-25(19)27(30-22-13-14-22)31-23-15-16-23/h1-8,20-23H,9-17H2. The second-order valence-electron chi connectivity index (χ2n) is 9.17. The molecule has 2 aromatic rings. The Kier molecular flexibility index (Phi) is 5.32. The van der Waals surface area contributed by atoms with Crippen LogP contribution in [-0.2, 0) is 25.8 Å². The predicted molar refractivity (Wildman–Crippen MR) is 117 cm³/mol. The number of anilines is 2. The monoisotopic (exact) mass is 422 g/mol. The molecule has 6 rings (SSSR count). The molecule has 31 heavy (non-hydrogen) atoms. The zero-order valence-electron chi connectivity index (χ0n) is 17.8. The molecule has 6 nitrogen and oxygen atoms in total.